The van der Waals surface area contributed by atoms with Gasteiger partial charge in [0.05, 0.1) is 10.6 Å². The van der Waals surface area contributed by atoms with Gasteiger partial charge in [-0.15, -0.1) is 5.10 Å². The van der Waals surface area contributed by atoms with Gasteiger partial charge in [-0.2, -0.15) is 5.10 Å². The van der Waals surface area contributed by atoms with Crippen molar-refractivity contribution in [2.75, 3.05) is 0 Å². The third-order valence-electron chi connectivity index (χ3n) is 4.64. The van der Waals surface area contributed by atoms with Gasteiger partial charge in [-0.3, -0.25) is 4.98 Å². The normalized spacial score (nSPS) is 15.9. The van der Waals surface area contributed by atoms with E-state index in [0.29, 0.717) is 9.87 Å². The maximum Gasteiger partial charge on any atom is 1.00 e. The van der Waals surface area contributed by atoms with Crippen molar-refractivity contribution in [3.05, 3.63) is 95.8 Å². The summed E-state index contributed by atoms with van der Waals surface area (Å²) in [5.41, 5.74) is 0.909. The Kier molecular flexibility index (Phi) is 9.76. The van der Waals surface area contributed by atoms with Gasteiger partial charge in [-0.05, 0) is 29.8 Å². The molecule has 34 heavy (non-hydrogen) atoms. The maximum absolute atomic E-state index is 12.4. The van der Waals surface area contributed by atoms with Gasteiger partial charge in [0.2, 0.25) is 0 Å². The standard InChI is InChI=1S/C20H16N4O6S2.2Na/c25-31(26,27)16-11-9-14(10-12-16)18-19(15-6-2-1-3-7-15)24(32(28,29)30)20(23-22-18)17-8-4-5-13-21-17;;/h1-13,19H,(H,25,26,27)(H,28,29,30);;/q;2*+1/p-2. The summed E-state index contributed by atoms with van der Waals surface area (Å²) in [6, 6.07) is 16.6. The maximum atomic E-state index is 12.4. The third-order valence-corrected chi connectivity index (χ3v) is 6.36. The van der Waals surface area contributed by atoms with Crippen molar-refractivity contribution >= 4 is 32.0 Å². The number of hydrogen-bond acceptors (Lipinski definition) is 9. The molecule has 0 N–H and O–H groups in total. The van der Waals surface area contributed by atoms with Crippen LogP contribution in [0.5, 0.6) is 0 Å². The van der Waals surface area contributed by atoms with Crippen LogP contribution < -0.4 is 59.1 Å². The van der Waals surface area contributed by atoms with Crippen molar-refractivity contribution in [1.29, 1.82) is 0 Å². The van der Waals surface area contributed by atoms with Crippen molar-refractivity contribution in [2.24, 2.45) is 10.2 Å². The van der Waals surface area contributed by atoms with Crippen molar-refractivity contribution in [3.63, 3.8) is 0 Å². The van der Waals surface area contributed by atoms with E-state index in [9.17, 15) is 25.9 Å². The first-order valence-corrected chi connectivity index (χ1v) is 11.9. The Labute approximate surface area is 241 Å². The molecule has 0 saturated heterocycles. The Morgan fingerprint density at radius 3 is 1.91 bits per heavy atom. The van der Waals surface area contributed by atoms with Crippen LogP contribution in [0.3, 0.4) is 0 Å². The van der Waals surface area contributed by atoms with Crippen LogP contribution in [-0.2, 0) is 20.4 Å². The monoisotopic (exact) mass is 516 g/mol. The van der Waals surface area contributed by atoms with Crippen molar-refractivity contribution in [1.82, 2.24) is 9.29 Å². The second-order valence-electron chi connectivity index (χ2n) is 6.67. The molecule has 0 fully saturated rings. The Balaban J connectivity index is 0.00000204. The van der Waals surface area contributed by atoms with Gasteiger partial charge in [0.15, 0.2) is 16.1 Å². The zero-order valence-corrected chi connectivity index (χ0v) is 23.8. The molecule has 1 unspecified atom stereocenters. The molecule has 4 rings (SSSR count). The molecule has 10 nitrogen and oxygen atoms in total. The first-order valence-electron chi connectivity index (χ1n) is 9.10. The molecule has 14 heteroatoms. The first kappa shape index (κ1) is 28.8. The molecule has 1 aliphatic heterocycles. The number of rotatable bonds is 5. The van der Waals surface area contributed by atoms with Crippen LogP contribution in [0.4, 0.5) is 0 Å². The molecule has 2 heterocycles. The summed E-state index contributed by atoms with van der Waals surface area (Å²) in [4.78, 5) is 3.63. The predicted octanol–water partition coefficient (Wildman–Crippen LogP) is -4.34. The molecule has 0 amide bonds. The Hall–Kier alpha value is -1.45. The molecular formula is C20H14N4Na2O6S2. The average molecular weight is 516 g/mol. The largest absolute Gasteiger partial charge is 1.00 e. The van der Waals surface area contributed by atoms with Crippen LogP contribution in [0.15, 0.2) is 94.1 Å². The zero-order valence-electron chi connectivity index (χ0n) is 18.1. The fourth-order valence-electron chi connectivity index (χ4n) is 3.26. The number of hydrogen-bond donors (Lipinski definition) is 0. The Morgan fingerprint density at radius 2 is 1.38 bits per heavy atom. The summed E-state index contributed by atoms with van der Waals surface area (Å²) in [5, 5.41) is 8.12. The quantitative estimate of drug-likeness (QED) is 0.245. The van der Waals surface area contributed by atoms with E-state index >= 15 is 0 Å². The molecular weight excluding hydrogens is 502 g/mol. The van der Waals surface area contributed by atoms with Gasteiger partial charge in [0, 0.05) is 11.8 Å². The number of benzene rings is 2. The molecule has 0 radical (unpaired) electrons. The van der Waals surface area contributed by atoms with E-state index in [1.165, 1.54) is 24.4 Å². The number of aromatic nitrogens is 1. The summed E-state index contributed by atoms with van der Waals surface area (Å²) in [5.74, 6) is -0.253. The Bertz CT molecular complexity index is 1420. The summed E-state index contributed by atoms with van der Waals surface area (Å²) >= 11 is 0. The fraction of sp³-hybridized carbons (Fsp3) is 0.0500. The number of pyridine rings is 1. The predicted molar refractivity (Wildman–Crippen MR) is 112 cm³/mol. The minimum Gasteiger partial charge on any atom is -0.744 e. The third kappa shape index (κ3) is 6.21. The molecule has 1 atom stereocenters. The van der Waals surface area contributed by atoms with Gasteiger partial charge in [-0.1, -0.05) is 48.5 Å². The summed E-state index contributed by atoms with van der Waals surface area (Å²) < 4.78 is 71.5. The SMILES string of the molecule is O=S(=O)([O-])c1ccc(C2=NN=C(c3ccccn3)N(S(=O)(=O)[O-])C2c2ccccc2)cc1.[Na+].[Na+]. The smallest absolute Gasteiger partial charge is 0.744 e. The van der Waals surface area contributed by atoms with Crippen molar-refractivity contribution in [3.8, 4) is 0 Å². The van der Waals surface area contributed by atoms with Crippen LogP contribution in [0, 0.1) is 0 Å². The molecule has 0 saturated carbocycles. The Morgan fingerprint density at radius 1 is 0.765 bits per heavy atom. The second kappa shape index (κ2) is 11.5. The molecule has 0 spiro atoms. The second-order valence-corrected chi connectivity index (χ2v) is 9.30. The molecule has 0 aliphatic carbocycles. The van der Waals surface area contributed by atoms with E-state index in [0.717, 1.165) is 12.1 Å². The molecule has 1 aliphatic rings. The zero-order chi connectivity index (χ0) is 22.9. The van der Waals surface area contributed by atoms with E-state index in [2.05, 4.69) is 15.2 Å². The molecule has 0 bridgehead atoms. The van der Waals surface area contributed by atoms with Gasteiger partial charge in [0.1, 0.15) is 21.9 Å². The van der Waals surface area contributed by atoms with Crippen LogP contribution in [-0.4, -0.2) is 46.8 Å². The summed E-state index contributed by atoms with van der Waals surface area (Å²) in [6.45, 7) is 0. The molecule has 164 valence electrons. The first-order chi connectivity index (χ1) is 15.2. The average Bonchev–Trinajstić information content (AvgIpc) is 2.78. The van der Waals surface area contributed by atoms with E-state index in [1.54, 1.807) is 42.5 Å². The summed E-state index contributed by atoms with van der Waals surface area (Å²) in [7, 11) is -9.78. The van der Waals surface area contributed by atoms with E-state index in [-0.39, 0.29) is 81.9 Å². The minimum absolute atomic E-state index is 0. The van der Waals surface area contributed by atoms with Crippen LogP contribution in [0.25, 0.3) is 0 Å². The van der Waals surface area contributed by atoms with Crippen LogP contribution in [0.2, 0.25) is 0 Å². The number of nitrogens with zero attached hydrogens (tertiary/aromatic N) is 4. The van der Waals surface area contributed by atoms with E-state index < -0.39 is 31.4 Å². The van der Waals surface area contributed by atoms with Gasteiger partial charge in [-0.25, -0.2) is 21.1 Å². The topological polar surface area (TPSA) is 155 Å². The van der Waals surface area contributed by atoms with Crippen LogP contribution >= 0.6 is 0 Å². The van der Waals surface area contributed by atoms with Gasteiger partial charge < -0.3 is 9.11 Å². The molecule has 3 aromatic rings. The summed E-state index contributed by atoms with van der Waals surface area (Å²) in [6.07, 6.45) is 1.42. The van der Waals surface area contributed by atoms with Crippen LogP contribution in [0.1, 0.15) is 22.9 Å². The molecule has 1 aromatic heterocycles. The van der Waals surface area contributed by atoms with E-state index in [4.69, 9.17) is 0 Å². The fourth-order valence-corrected chi connectivity index (χ4v) is 4.56. The minimum atomic E-state index is -5.11. The van der Waals surface area contributed by atoms with Crippen molar-refractivity contribution < 1.29 is 85.1 Å². The number of amidine groups is 1. The molecule has 2 aromatic carbocycles. The van der Waals surface area contributed by atoms with Gasteiger partial charge in [0.25, 0.3) is 0 Å². The van der Waals surface area contributed by atoms with Gasteiger partial charge >= 0.3 is 59.1 Å². The van der Waals surface area contributed by atoms with Crippen molar-refractivity contribution in [2.45, 2.75) is 10.9 Å². The van der Waals surface area contributed by atoms with E-state index in [1.807, 2.05) is 0 Å².